The molecule has 0 aliphatic heterocycles. The van der Waals surface area contributed by atoms with Crippen molar-refractivity contribution in [3.8, 4) is 0 Å². The van der Waals surface area contributed by atoms with E-state index in [4.69, 9.17) is 0 Å². The van der Waals surface area contributed by atoms with E-state index in [0.29, 0.717) is 12.2 Å². The monoisotopic (exact) mass is 353 g/mol. The van der Waals surface area contributed by atoms with Crippen molar-refractivity contribution in [3.63, 3.8) is 0 Å². The Labute approximate surface area is 157 Å². The molecule has 1 aromatic heterocycles. The van der Waals surface area contributed by atoms with Crippen molar-refractivity contribution in [2.24, 2.45) is 0 Å². The summed E-state index contributed by atoms with van der Waals surface area (Å²) < 4.78 is 0. The number of aromatic nitrogens is 1. The van der Waals surface area contributed by atoms with Gasteiger partial charge in [-0.15, -0.1) is 0 Å². The van der Waals surface area contributed by atoms with E-state index in [0.717, 1.165) is 37.2 Å². The lowest BCUT2D eigenvalue weighted by molar-refractivity contribution is 0.0684. The maximum Gasteiger partial charge on any atom is 0.273 e. The van der Waals surface area contributed by atoms with Crippen LogP contribution in [0.3, 0.4) is 0 Å². The van der Waals surface area contributed by atoms with E-state index in [1.807, 2.05) is 49.1 Å². The lowest BCUT2D eigenvalue weighted by Gasteiger charge is -2.28. The van der Waals surface area contributed by atoms with Crippen LogP contribution < -0.4 is 4.90 Å². The molecule has 0 aliphatic rings. The maximum atomic E-state index is 13.1. The second-order valence-corrected chi connectivity index (χ2v) is 6.90. The van der Waals surface area contributed by atoms with Crippen molar-refractivity contribution in [1.82, 2.24) is 9.88 Å². The minimum absolute atomic E-state index is 0.0151. The highest BCUT2D eigenvalue weighted by Gasteiger charge is 2.21. The number of rotatable bonds is 9. The van der Waals surface area contributed by atoms with Gasteiger partial charge in [0.1, 0.15) is 5.69 Å². The first-order valence-corrected chi connectivity index (χ1v) is 9.62. The Morgan fingerprint density at radius 1 is 1.04 bits per heavy atom. The molecular formula is C22H31N3O. The van der Waals surface area contributed by atoms with Crippen LogP contribution in [0.1, 0.15) is 56.6 Å². The van der Waals surface area contributed by atoms with Crippen LogP contribution in [-0.2, 0) is 6.54 Å². The van der Waals surface area contributed by atoms with Crippen molar-refractivity contribution >= 4 is 11.6 Å². The Bertz CT molecular complexity index is 679. The Morgan fingerprint density at radius 3 is 2.27 bits per heavy atom. The molecule has 0 atom stereocenters. The fourth-order valence-electron chi connectivity index (χ4n) is 3.06. The van der Waals surface area contributed by atoms with E-state index in [1.165, 1.54) is 0 Å². The van der Waals surface area contributed by atoms with E-state index in [1.54, 1.807) is 6.20 Å². The fourth-order valence-corrected chi connectivity index (χ4v) is 3.06. The van der Waals surface area contributed by atoms with Gasteiger partial charge in [0, 0.05) is 37.6 Å². The Kier molecular flexibility index (Phi) is 7.64. The molecule has 0 saturated heterocycles. The summed E-state index contributed by atoms with van der Waals surface area (Å²) in [6.45, 7) is 11.0. The summed E-state index contributed by atoms with van der Waals surface area (Å²) in [6.07, 6.45) is 3.91. The summed E-state index contributed by atoms with van der Waals surface area (Å²) in [6, 6.07) is 14.2. The largest absolute Gasteiger partial charge is 0.371 e. The quantitative estimate of drug-likeness (QED) is 0.652. The van der Waals surface area contributed by atoms with Crippen molar-refractivity contribution in [2.75, 3.05) is 18.0 Å². The number of carbonyl (C=O) groups excluding carboxylic acids is 1. The van der Waals surface area contributed by atoms with Crippen molar-refractivity contribution in [2.45, 2.75) is 53.1 Å². The topological polar surface area (TPSA) is 36.4 Å². The first-order chi connectivity index (χ1) is 12.6. The molecule has 4 heteroatoms. The zero-order chi connectivity index (χ0) is 18.9. The van der Waals surface area contributed by atoms with Gasteiger partial charge < -0.3 is 9.80 Å². The van der Waals surface area contributed by atoms with Crippen LogP contribution in [0.25, 0.3) is 0 Å². The number of amides is 1. The summed E-state index contributed by atoms with van der Waals surface area (Å²) in [5.41, 5.74) is 2.73. The first kappa shape index (κ1) is 20.0. The average molecular weight is 354 g/mol. The van der Waals surface area contributed by atoms with Crippen LogP contribution in [0.5, 0.6) is 0 Å². The fraction of sp³-hybridized carbons (Fsp3) is 0.455. The van der Waals surface area contributed by atoms with E-state index in [2.05, 4.69) is 35.9 Å². The summed E-state index contributed by atoms with van der Waals surface area (Å²) in [5.74, 6) is -0.0151. The molecule has 1 amide bonds. The minimum Gasteiger partial charge on any atom is -0.371 e. The predicted octanol–water partition coefficient (Wildman–Crippen LogP) is 4.76. The van der Waals surface area contributed by atoms with Crippen molar-refractivity contribution < 1.29 is 4.79 Å². The predicted molar refractivity (Wildman–Crippen MR) is 108 cm³/mol. The highest BCUT2D eigenvalue weighted by Crippen LogP contribution is 2.18. The normalized spacial score (nSPS) is 10.8. The second-order valence-electron chi connectivity index (χ2n) is 6.90. The van der Waals surface area contributed by atoms with Gasteiger partial charge in [0.2, 0.25) is 0 Å². The highest BCUT2D eigenvalue weighted by molar-refractivity contribution is 5.93. The number of hydrogen-bond acceptors (Lipinski definition) is 3. The number of carbonyl (C=O) groups is 1. The summed E-state index contributed by atoms with van der Waals surface area (Å²) in [4.78, 5) is 21.7. The number of pyridine rings is 1. The molecule has 1 aromatic carbocycles. The van der Waals surface area contributed by atoms with Crippen LogP contribution in [0.15, 0.2) is 48.7 Å². The molecule has 2 aromatic rings. The molecule has 0 spiro atoms. The number of anilines is 1. The first-order valence-electron chi connectivity index (χ1n) is 9.62. The van der Waals surface area contributed by atoms with Gasteiger partial charge in [-0.25, -0.2) is 0 Å². The van der Waals surface area contributed by atoms with Crippen LogP contribution in [-0.4, -0.2) is 34.9 Å². The lowest BCUT2D eigenvalue weighted by Crippen LogP contribution is -2.37. The molecule has 140 valence electrons. The van der Waals surface area contributed by atoms with E-state index < -0.39 is 0 Å². The summed E-state index contributed by atoms with van der Waals surface area (Å²) in [5, 5.41) is 0. The molecule has 0 radical (unpaired) electrons. The summed E-state index contributed by atoms with van der Waals surface area (Å²) in [7, 11) is 0. The molecule has 0 aliphatic carbocycles. The molecule has 0 saturated carbocycles. The molecule has 4 nitrogen and oxygen atoms in total. The molecule has 0 bridgehead atoms. The number of nitrogens with zero attached hydrogens (tertiary/aromatic N) is 3. The zero-order valence-corrected chi connectivity index (χ0v) is 16.5. The third kappa shape index (κ3) is 5.32. The average Bonchev–Trinajstić information content (AvgIpc) is 2.66. The van der Waals surface area contributed by atoms with Gasteiger partial charge in [0.25, 0.3) is 5.91 Å². The Morgan fingerprint density at radius 2 is 1.69 bits per heavy atom. The molecule has 26 heavy (non-hydrogen) atoms. The van der Waals surface area contributed by atoms with Gasteiger partial charge in [-0.2, -0.15) is 0 Å². The van der Waals surface area contributed by atoms with E-state index in [-0.39, 0.29) is 11.9 Å². The van der Waals surface area contributed by atoms with Gasteiger partial charge >= 0.3 is 0 Å². The van der Waals surface area contributed by atoms with Gasteiger partial charge in [-0.1, -0.05) is 44.2 Å². The third-order valence-corrected chi connectivity index (χ3v) is 4.39. The van der Waals surface area contributed by atoms with Crippen molar-refractivity contribution in [1.29, 1.82) is 0 Å². The van der Waals surface area contributed by atoms with Crippen LogP contribution in [0.4, 0.5) is 5.69 Å². The molecule has 2 rings (SSSR count). The smallest absolute Gasteiger partial charge is 0.273 e. The van der Waals surface area contributed by atoms with Crippen LogP contribution in [0, 0.1) is 0 Å². The Hall–Kier alpha value is -2.36. The van der Waals surface area contributed by atoms with Gasteiger partial charge in [-0.3, -0.25) is 9.78 Å². The molecule has 0 fully saturated rings. The molecule has 0 unspecified atom stereocenters. The minimum atomic E-state index is -0.0151. The number of benzene rings is 1. The highest BCUT2D eigenvalue weighted by atomic mass is 16.2. The second kappa shape index (κ2) is 9.95. The van der Waals surface area contributed by atoms with Gasteiger partial charge in [0.15, 0.2) is 0 Å². The summed E-state index contributed by atoms with van der Waals surface area (Å²) >= 11 is 0. The van der Waals surface area contributed by atoms with E-state index in [9.17, 15) is 4.79 Å². The molecular weight excluding hydrogens is 322 g/mol. The Balaban J connectivity index is 2.24. The standard InChI is InChI=1S/C22H31N3O/c1-5-14-24(15-6-2)20-12-13-23-21(16-20)22(26)25(18(3)4)17-19-10-8-7-9-11-19/h7-13,16,18H,5-6,14-15,17H2,1-4H3. The zero-order valence-electron chi connectivity index (χ0n) is 16.5. The maximum absolute atomic E-state index is 13.1. The lowest BCUT2D eigenvalue weighted by atomic mass is 10.1. The number of hydrogen-bond donors (Lipinski definition) is 0. The van der Waals surface area contributed by atoms with Crippen LogP contribution in [0.2, 0.25) is 0 Å². The van der Waals surface area contributed by atoms with Gasteiger partial charge in [-0.05, 0) is 44.4 Å². The van der Waals surface area contributed by atoms with E-state index >= 15 is 0 Å². The van der Waals surface area contributed by atoms with Crippen LogP contribution >= 0.6 is 0 Å². The SMILES string of the molecule is CCCN(CCC)c1ccnc(C(=O)N(Cc2ccccc2)C(C)C)c1. The van der Waals surface area contributed by atoms with Gasteiger partial charge in [0.05, 0.1) is 0 Å². The third-order valence-electron chi connectivity index (χ3n) is 4.39. The molecule has 1 heterocycles. The van der Waals surface area contributed by atoms with Crippen molar-refractivity contribution in [3.05, 3.63) is 59.9 Å². The molecule has 0 N–H and O–H groups in total.